The summed E-state index contributed by atoms with van der Waals surface area (Å²) in [5, 5.41) is 7.47. The Labute approximate surface area is 145 Å². The third-order valence-electron chi connectivity index (χ3n) is 3.24. The second-order valence-corrected chi connectivity index (χ2v) is 5.25. The predicted molar refractivity (Wildman–Crippen MR) is 97.5 cm³/mol. The quantitative estimate of drug-likeness (QED) is 0.492. The van der Waals surface area contributed by atoms with Gasteiger partial charge < -0.3 is 14.8 Å². The first-order valence-corrected chi connectivity index (χ1v) is 7.53. The SMILES string of the molecule is COc1ccc(NC(=S)N/N=C(/C)c2ccc(OC)c(F)c2)cc1. The Balaban J connectivity index is 1.98. The smallest absolute Gasteiger partial charge is 0.191 e. The maximum absolute atomic E-state index is 13.7. The van der Waals surface area contributed by atoms with Crippen LogP contribution in [0.1, 0.15) is 12.5 Å². The van der Waals surface area contributed by atoms with Crippen molar-refractivity contribution in [3.63, 3.8) is 0 Å². The molecule has 2 aromatic carbocycles. The number of anilines is 1. The number of methoxy groups -OCH3 is 2. The Hall–Kier alpha value is -2.67. The Kier molecular flexibility index (Phi) is 6.08. The van der Waals surface area contributed by atoms with E-state index in [1.54, 1.807) is 26.2 Å². The van der Waals surface area contributed by atoms with Crippen molar-refractivity contribution >= 4 is 28.7 Å². The lowest BCUT2D eigenvalue weighted by Gasteiger charge is -2.09. The maximum Gasteiger partial charge on any atom is 0.191 e. The highest BCUT2D eigenvalue weighted by Gasteiger charge is 2.06. The predicted octanol–water partition coefficient (Wildman–Crippen LogP) is 3.55. The Morgan fingerprint density at radius 2 is 1.79 bits per heavy atom. The first-order valence-electron chi connectivity index (χ1n) is 7.12. The molecule has 0 saturated carbocycles. The van der Waals surface area contributed by atoms with Crippen LogP contribution in [0.3, 0.4) is 0 Å². The van der Waals surface area contributed by atoms with Gasteiger partial charge in [-0.3, -0.25) is 5.43 Å². The number of ether oxygens (including phenoxy) is 2. The fraction of sp³-hybridized carbons (Fsp3) is 0.176. The van der Waals surface area contributed by atoms with Gasteiger partial charge in [-0.1, -0.05) is 0 Å². The molecule has 0 aliphatic rings. The number of benzene rings is 2. The van der Waals surface area contributed by atoms with Gasteiger partial charge in [0.15, 0.2) is 16.7 Å². The summed E-state index contributed by atoms with van der Waals surface area (Å²) < 4.78 is 23.7. The average molecular weight is 347 g/mol. The van der Waals surface area contributed by atoms with Crippen molar-refractivity contribution in [2.75, 3.05) is 19.5 Å². The maximum atomic E-state index is 13.7. The molecule has 5 nitrogen and oxygen atoms in total. The fourth-order valence-electron chi connectivity index (χ4n) is 1.92. The van der Waals surface area contributed by atoms with E-state index in [0.29, 0.717) is 16.4 Å². The minimum atomic E-state index is -0.441. The van der Waals surface area contributed by atoms with Crippen molar-refractivity contribution in [3.05, 3.63) is 53.8 Å². The largest absolute Gasteiger partial charge is 0.497 e. The first kappa shape index (κ1) is 17.7. The van der Waals surface area contributed by atoms with Gasteiger partial charge >= 0.3 is 0 Å². The standard InChI is InChI=1S/C17H18FN3O2S/c1-11(12-4-9-16(23-3)15(18)10-12)20-21-17(24)19-13-5-7-14(22-2)8-6-13/h4-10H,1-3H3,(H2,19,21,24)/b20-11-. The van der Waals surface area contributed by atoms with Gasteiger partial charge in [0.1, 0.15) is 5.75 Å². The molecule has 0 amide bonds. The molecular formula is C17H18FN3O2S. The van der Waals surface area contributed by atoms with E-state index in [1.165, 1.54) is 13.2 Å². The van der Waals surface area contributed by atoms with Crippen LogP contribution in [0.2, 0.25) is 0 Å². The summed E-state index contributed by atoms with van der Waals surface area (Å²) >= 11 is 5.18. The summed E-state index contributed by atoms with van der Waals surface area (Å²) in [6.45, 7) is 1.75. The second kappa shape index (κ2) is 8.26. The number of halogens is 1. The van der Waals surface area contributed by atoms with Crippen LogP contribution in [-0.4, -0.2) is 25.0 Å². The van der Waals surface area contributed by atoms with Crippen LogP contribution in [-0.2, 0) is 0 Å². The van der Waals surface area contributed by atoms with Gasteiger partial charge in [0, 0.05) is 11.3 Å². The topological polar surface area (TPSA) is 54.9 Å². The van der Waals surface area contributed by atoms with Gasteiger partial charge in [0.05, 0.1) is 19.9 Å². The summed E-state index contributed by atoms with van der Waals surface area (Å²) in [6.07, 6.45) is 0. The molecule has 2 N–H and O–H groups in total. The molecule has 0 heterocycles. The van der Waals surface area contributed by atoms with Crippen molar-refractivity contribution in [2.24, 2.45) is 5.10 Å². The minimum absolute atomic E-state index is 0.191. The average Bonchev–Trinajstić information content (AvgIpc) is 2.60. The molecule has 2 aromatic rings. The third kappa shape index (κ3) is 4.66. The molecule has 0 spiro atoms. The monoisotopic (exact) mass is 347 g/mol. The molecule has 0 aliphatic heterocycles. The van der Waals surface area contributed by atoms with Crippen LogP contribution in [0.4, 0.5) is 10.1 Å². The lowest BCUT2D eigenvalue weighted by molar-refractivity contribution is 0.386. The molecule has 0 aromatic heterocycles. The van der Waals surface area contributed by atoms with Crippen molar-refractivity contribution < 1.29 is 13.9 Å². The van der Waals surface area contributed by atoms with E-state index in [9.17, 15) is 4.39 Å². The van der Waals surface area contributed by atoms with E-state index in [2.05, 4.69) is 15.8 Å². The zero-order valence-electron chi connectivity index (χ0n) is 13.6. The van der Waals surface area contributed by atoms with E-state index in [0.717, 1.165) is 11.4 Å². The summed E-state index contributed by atoms with van der Waals surface area (Å²) in [7, 11) is 3.03. The van der Waals surface area contributed by atoms with Crippen LogP contribution in [0.15, 0.2) is 47.6 Å². The summed E-state index contributed by atoms with van der Waals surface area (Å²) in [6, 6.07) is 11.9. The van der Waals surface area contributed by atoms with E-state index in [4.69, 9.17) is 21.7 Å². The Morgan fingerprint density at radius 1 is 1.08 bits per heavy atom. The Bertz CT molecular complexity index is 748. The van der Waals surface area contributed by atoms with Gasteiger partial charge in [0.2, 0.25) is 0 Å². The highest BCUT2D eigenvalue weighted by Crippen LogP contribution is 2.18. The number of nitrogens with one attached hydrogen (secondary N) is 2. The molecule has 0 fully saturated rings. The molecule has 0 unspecified atom stereocenters. The van der Waals surface area contributed by atoms with E-state index in [-0.39, 0.29) is 5.75 Å². The van der Waals surface area contributed by atoms with Crippen molar-refractivity contribution in [2.45, 2.75) is 6.92 Å². The molecule has 7 heteroatoms. The minimum Gasteiger partial charge on any atom is -0.497 e. The van der Waals surface area contributed by atoms with Crippen LogP contribution in [0, 0.1) is 5.82 Å². The van der Waals surface area contributed by atoms with Crippen molar-refractivity contribution in [1.29, 1.82) is 0 Å². The van der Waals surface area contributed by atoms with Gasteiger partial charge in [-0.05, 0) is 61.6 Å². The molecule has 0 bridgehead atoms. The summed E-state index contributed by atoms with van der Waals surface area (Å²) in [5.74, 6) is 0.509. The van der Waals surface area contributed by atoms with Gasteiger partial charge in [0.25, 0.3) is 0 Å². The molecule has 126 valence electrons. The Morgan fingerprint density at radius 3 is 2.38 bits per heavy atom. The van der Waals surface area contributed by atoms with Crippen LogP contribution < -0.4 is 20.2 Å². The number of rotatable bonds is 5. The highest BCUT2D eigenvalue weighted by atomic mass is 32.1. The zero-order chi connectivity index (χ0) is 17.5. The molecule has 0 saturated heterocycles. The molecule has 0 atom stereocenters. The zero-order valence-corrected chi connectivity index (χ0v) is 14.4. The third-order valence-corrected chi connectivity index (χ3v) is 3.44. The lowest BCUT2D eigenvalue weighted by atomic mass is 10.1. The van der Waals surface area contributed by atoms with Crippen LogP contribution in [0.5, 0.6) is 11.5 Å². The molecule has 24 heavy (non-hydrogen) atoms. The van der Waals surface area contributed by atoms with Gasteiger partial charge in [-0.15, -0.1) is 0 Å². The number of nitrogens with zero attached hydrogens (tertiary/aromatic N) is 1. The molecule has 2 rings (SSSR count). The normalized spacial score (nSPS) is 10.9. The van der Waals surface area contributed by atoms with Gasteiger partial charge in [-0.2, -0.15) is 5.10 Å². The van der Waals surface area contributed by atoms with Crippen LogP contribution >= 0.6 is 12.2 Å². The van der Waals surface area contributed by atoms with Crippen LogP contribution in [0.25, 0.3) is 0 Å². The first-order chi connectivity index (χ1) is 11.5. The molecule has 0 aliphatic carbocycles. The van der Waals surface area contributed by atoms with Crippen molar-refractivity contribution in [3.8, 4) is 11.5 Å². The molecular weight excluding hydrogens is 329 g/mol. The van der Waals surface area contributed by atoms with E-state index in [1.807, 2.05) is 24.3 Å². The van der Waals surface area contributed by atoms with E-state index >= 15 is 0 Å². The number of hydrogen-bond donors (Lipinski definition) is 2. The highest BCUT2D eigenvalue weighted by molar-refractivity contribution is 7.80. The summed E-state index contributed by atoms with van der Waals surface area (Å²) in [4.78, 5) is 0. The molecule has 0 radical (unpaired) electrons. The van der Waals surface area contributed by atoms with E-state index < -0.39 is 5.82 Å². The number of thiocarbonyl (C=S) groups is 1. The number of hydrazone groups is 1. The van der Waals surface area contributed by atoms with Crippen molar-refractivity contribution in [1.82, 2.24) is 5.43 Å². The lowest BCUT2D eigenvalue weighted by Crippen LogP contribution is -2.24. The fourth-order valence-corrected chi connectivity index (χ4v) is 2.09. The second-order valence-electron chi connectivity index (χ2n) is 4.84. The summed E-state index contributed by atoms with van der Waals surface area (Å²) in [5.41, 5.74) is 4.76. The number of hydrogen-bond acceptors (Lipinski definition) is 4. The van der Waals surface area contributed by atoms with Gasteiger partial charge in [-0.25, -0.2) is 4.39 Å².